The van der Waals surface area contributed by atoms with Crippen LogP contribution in [-0.4, -0.2) is 50.2 Å². The predicted molar refractivity (Wildman–Crippen MR) is 130 cm³/mol. The molecule has 158 valence electrons. The number of aromatic nitrogens is 1. The molecule has 3 aromatic rings. The van der Waals surface area contributed by atoms with Gasteiger partial charge in [-0.15, -0.1) is 0 Å². The number of para-hydroxylation sites is 1. The molecule has 4 nitrogen and oxygen atoms in total. The number of benzene rings is 2. The first-order valence-corrected chi connectivity index (χ1v) is 11.3. The van der Waals surface area contributed by atoms with Gasteiger partial charge >= 0.3 is 0 Å². The summed E-state index contributed by atoms with van der Waals surface area (Å²) in [6.45, 7) is 4.47. The summed E-state index contributed by atoms with van der Waals surface area (Å²) in [4.78, 5) is 9.70. The molecule has 1 fully saturated rings. The summed E-state index contributed by atoms with van der Waals surface area (Å²) in [6.07, 6.45) is 6.33. The smallest absolute Gasteiger partial charge is 0.0730 e. The highest BCUT2D eigenvalue weighted by Gasteiger charge is 2.12. The average molecular weight is 403 g/mol. The zero-order chi connectivity index (χ0) is 20.8. The Bertz CT molecular complexity index is 943. The fourth-order valence-corrected chi connectivity index (χ4v) is 4.24. The standard InChI is InChI=1S/C26H34N4/c1-29(2)17-9-6-16-27-26-20-25(28-24-11-5-4-10-23(24)26)21-12-14-22(15-13-21)30-18-7-3-8-19-30/h4-5,10-15,20H,3,6-9,16-19H2,1-2H3,(H,27,28). The van der Waals surface area contributed by atoms with Gasteiger partial charge in [0.25, 0.3) is 0 Å². The highest BCUT2D eigenvalue weighted by Crippen LogP contribution is 2.30. The van der Waals surface area contributed by atoms with Gasteiger partial charge in [0.15, 0.2) is 0 Å². The number of unbranched alkanes of at least 4 members (excludes halogenated alkanes) is 1. The van der Waals surface area contributed by atoms with E-state index >= 15 is 0 Å². The summed E-state index contributed by atoms with van der Waals surface area (Å²) < 4.78 is 0. The second-order valence-corrected chi connectivity index (χ2v) is 8.60. The summed E-state index contributed by atoms with van der Waals surface area (Å²) in [5.41, 5.74) is 5.77. The van der Waals surface area contributed by atoms with Gasteiger partial charge in [-0.25, -0.2) is 4.98 Å². The molecular weight excluding hydrogens is 368 g/mol. The van der Waals surface area contributed by atoms with Gasteiger partial charge in [-0.05, 0) is 77.0 Å². The fourth-order valence-electron chi connectivity index (χ4n) is 4.24. The lowest BCUT2D eigenvalue weighted by molar-refractivity contribution is 0.396. The van der Waals surface area contributed by atoms with Gasteiger partial charge in [-0.3, -0.25) is 0 Å². The van der Waals surface area contributed by atoms with Crippen LogP contribution in [0.3, 0.4) is 0 Å². The molecule has 0 unspecified atom stereocenters. The van der Waals surface area contributed by atoms with Gasteiger partial charge in [0.2, 0.25) is 0 Å². The summed E-state index contributed by atoms with van der Waals surface area (Å²) in [7, 11) is 4.26. The first-order chi connectivity index (χ1) is 14.7. The largest absolute Gasteiger partial charge is 0.384 e. The molecule has 0 saturated carbocycles. The third-order valence-corrected chi connectivity index (χ3v) is 5.95. The van der Waals surface area contributed by atoms with Gasteiger partial charge < -0.3 is 15.1 Å². The molecule has 1 aliphatic rings. The van der Waals surface area contributed by atoms with Crippen molar-refractivity contribution >= 4 is 22.3 Å². The minimum Gasteiger partial charge on any atom is -0.384 e. The van der Waals surface area contributed by atoms with Crippen LogP contribution in [-0.2, 0) is 0 Å². The van der Waals surface area contributed by atoms with Crippen molar-refractivity contribution in [1.82, 2.24) is 9.88 Å². The van der Waals surface area contributed by atoms with E-state index in [9.17, 15) is 0 Å². The zero-order valence-corrected chi connectivity index (χ0v) is 18.4. The maximum atomic E-state index is 4.96. The molecule has 1 aromatic heterocycles. The molecule has 0 radical (unpaired) electrons. The molecule has 1 saturated heterocycles. The number of rotatable bonds is 8. The van der Waals surface area contributed by atoms with E-state index in [1.807, 2.05) is 0 Å². The molecule has 4 rings (SSSR count). The number of fused-ring (bicyclic) bond motifs is 1. The molecule has 0 bridgehead atoms. The molecule has 1 N–H and O–H groups in total. The number of piperidine rings is 1. The third-order valence-electron chi connectivity index (χ3n) is 5.95. The van der Waals surface area contributed by atoms with E-state index in [1.54, 1.807) is 0 Å². The van der Waals surface area contributed by atoms with Crippen molar-refractivity contribution in [3.8, 4) is 11.3 Å². The zero-order valence-electron chi connectivity index (χ0n) is 18.4. The van der Waals surface area contributed by atoms with Crippen molar-refractivity contribution in [1.29, 1.82) is 0 Å². The molecule has 30 heavy (non-hydrogen) atoms. The highest BCUT2D eigenvalue weighted by molar-refractivity contribution is 5.93. The van der Waals surface area contributed by atoms with Gasteiger partial charge in [0.05, 0.1) is 11.2 Å². The maximum absolute atomic E-state index is 4.96. The van der Waals surface area contributed by atoms with Crippen LogP contribution in [0, 0.1) is 0 Å². The normalized spacial score (nSPS) is 14.4. The molecule has 2 heterocycles. The van der Waals surface area contributed by atoms with E-state index in [1.165, 1.54) is 61.1 Å². The van der Waals surface area contributed by atoms with Crippen LogP contribution in [0.5, 0.6) is 0 Å². The van der Waals surface area contributed by atoms with Crippen molar-refractivity contribution in [2.75, 3.05) is 50.5 Å². The van der Waals surface area contributed by atoms with E-state index in [2.05, 4.69) is 83.8 Å². The molecule has 0 atom stereocenters. The van der Waals surface area contributed by atoms with E-state index in [0.29, 0.717) is 0 Å². The summed E-state index contributed by atoms with van der Waals surface area (Å²) >= 11 is 0. The molecular formula is C26H34N4. The highest BCUT2D eigenvalue weighted by atomic mass is 15.1. The average Bonchev–Trinajstić information content (AvgIpc) is 2.79. The first-order valence-electron chi connectivity index (χ1n) is 11.3. The predicted octanol–water partition coefficient (Wildman–Crippen LogP) is 5.65. The Kier molecular flexibility index (Phi) is 6.85. The maximum Gasteiger partial charge on any atom is 0.0730 e. The van der Waals surface area contributed by atoms with Crippen LogP contribution in [0.1, 0.15) is 32.1 Å². The Hall–Kier alpha value is -2.59. The fraction of sp³-hybridized carbons (Fsp3) is 0.423. The van der Waals surface area contributed by atoms with Crippen molar-refractivity contribution < 1.29 is 0 Å². The molecule has 0 amide bonds. The Morgan fingerprint density at radius 1 is 0.933 bits per heavy atom. The van der Waals surface area contributed by atoms with Crippen LogP contribution in [0.25, 0.3) is 22.2 Å². The van der Waals surface area contributed by atoms with Crippen LogP contribution in [0.15, 0.2) is 54.6 Å². The van der Waals surface area contributed by atoms with E-state index in [-0.39, 0.29) is 0 Å². The Morgan fingerprint density at radius 3 is 2.47 bits per heavy atom. The van der Waals surface area contributed by atoms with Crippen LogP contribution < -0.4 is 10.2 Å². The summed E-state index contributed by atoms with van der Waals surface area (Å²) in [5, 5.41) is 4.86. The Balaban J connectivity index is 1.53. The molecule has 0 aliphatic carbocycles. The lowest BCUT2D eigenvalue weighted by Gasteiger charge is -2.28. The molecule has 1 aliphatic heterocycles. The number of nitrogens with one attached hydrogen (secondary N) is 1. The van der Waals surface area contributed by atoms with E-state index in [0.717, 1.165) is 30.7 Å². The summed E-state index contributed by atoms with van der Waals surface area (Å²) in [6, 6.07) is 19.6. The van der Waals surface area contributed by atoms with Gasteiger partial charge in [-0.1, -0.05) is 30.3 Å². The van der Waals surface area contributed by atoms with Crippen molar-refractivity contribution in [3.63, 3.8) is 0 Å². The minimum absolute atomic E-state index is 0.981. The molecule has 4 heteroatoms. The Labute approximate surface area is 180 Å². The second kappa shape index (κ2) is 9.94. The number of anilines is 2. The number of nitrogens with zero attached hydrogens (tertiary/aromatic N) is 3. The van der Waals surface area contributed by atoms with Crippen molar-refractivity contribution in [2.45, 2.75) is 32.1 Å². The van der Waals surface area contributed by atoms with Crippen LogP contribution >= 0.6 is 0 Å². The van der Waals surface area contributed by atoms with Gasteiger partial charge in [0.1, 0.15) is 0 Å². The monoisotopic (exact) mass is 402 g/mol. The SMILES string of the molecule is CN(C)CCCCNc1cc(-c2ccc(N3CCCCC3)cc2)nc2ccccc12. The van der Waals surface area contributed by atoms with Crippen molar-refractivity contribution in [2.24, 2.45) is 0 Å². The lowest BCUT2D eigenvalue weighted by Crippen LogP contribution is -2.29. The number of hydrogen-bond donors (Lipinski definition) is 1. The molecule has 0 spiro atoms. The number of pyridine rings is 1. The van der Waals surface area contributed by atoms with Crippen LogP contribution in [0.2, 0.25) is 0 Å². The lowest BCUT2D eigenvalue weighted by atomic mass is 10.1. The first kappa shape index (κ1) is 20.7. The van der Waals surface area contributed by atoms with E-state index < -0.39 is 0 Å². The quantitative estimate of drug-likeness (QED) is 0.494. The van der Waals surface area contributed by atoms with Crippen molar-refractivity contribution in [3.05, 3.63) is 54.6 Å². The topological polar surface area (TPSA) is 31.4 Å². The van der Waals surface area contributed by atoms with Gasteiger partial charge in [-0.2, -0.15) is 0 Å². The third kappa shape index (κ3) is 5.11. The summed E-state index contributed by atoms with van der Waals surface area (Å²) in [5.74, 6) is 0. The molecule has 2 aromatic carbocycles. The Morgan fingerprint density at radius 2 is 1.70 bits per heavy atom. The second-order valence-electron chi connectivity index (χ2n) is 8.60. The van der Waals surface area contributed by atoms with Gasteiger partial charge in [0, 0.05) is 42.0 Å². The van der Waals surface area contributed by atoms with Crippen LogP contribution in [0.4, 0.5) is 11.4 Å². The van der Waals surface area contributed by atoms with E-state index in [4.69, 9.17) is 4.98 Å². The number of hydrogen-bond acceptors (Lipinski definition) is 4. The minimum atomic E-state index is 0.981.